The molecular formula is C14H14Cl2O4. The maximum absolute atomic E-state index is 12.5. The zero-order valence-corrected chi connectivity index (χ0v) is 12.5. The fourth-order valence-electron chi connectivity index (χ4n) is 2.76. The van der Waals surface area contributed by atoms with Crippen LogP contribution in [0.4, 0.5) is 0 Å². The van der Waals surface area contributed by atoms with Gasteiger partial charge in [-0.25, -0.2) is 0 Å². The molecule has 0 aliphatic heterocycles. The van der Waals surface area contributed by atoms with Crippen molar-refractivity contribution < 1.29 is 19.4 Å². The minimum Gasteiger partial charge on any atom is -0.481 e. The summed E-state index contributed by atoms with van der Waals surface area (Å²) in [7, 11) is 1.49. The highest BCUT2D eigenvalue weighted by Crippen LogP contribution is 2.60. The molecule has 1 aliphatic rings. The van der Waals surface area contributed by atoms with E-state index in [0.717, 1.165) is 0 Å². The first-order valence-corrected chi connectivity index (χ1v) is 6.79. The predicted octanol–water partition coefficient (Wildman–Crippen LogP) is 3.16. The Bertz CT molecular complexity index is 572. The third-order valence-electron chi connectivity index (χ3n) is 3.85. The third kappa shape index (κ3) is 2.43. The van der Waals surface area contributed by atoms with Gasteiger partial charge in [0.1, 0.15) is 0 Å². The van der Waals surface area contributed by atoms with Crippen molar-refractivity contribution in [1.29, 1.82) is 0 Å². The Morgan fingerprint density at radius 1 is 1.30 bits per heavy atom. The smallest absolute Gasteiger partial charge is 0.307 e. The summed E-state index contributed by atoms with van der Waals surface area (Å²) in [6, 6.07) is 4.56. The first-order chi connectivity index (χ1) is 9.32. The molecule has 108 valence electrons. The Labute approximate surface area is 126 Å². The topological polar surface area (TPSA) is 63.6 Å². The number of carboxylic acids is 1. The largest absolute Gasteiger partial charge is 0.481 e. The van der Waals surface area contributed by atoms with Crippen LogP contribution in [0, 0.1) is 17.3 Å². The molecule has 20 heavy (non-hydrogen) atoms. The quantitative estimate of drug-likeness (QED) is 0.847. The van der Waals surface area contributed by atoms with Crippen molar-refractivity contribution in [2.75, 3.05) is 13.7 Å². The minimum absolute atomic E-state index is 0.224. The lowest BCUT2D eigenvalue weighted by Gasteiger charge is -2.09. The third-order valence-corrected chi connectivity index (χ3v) is 4.59. The van der Waals surface area contributed by atoms with E-state index < -0.39 is 23.2 Å². The van der Waals surface area contributed by atoms with Crippen LogP contribution < -0.4 is 0 Å². The van der Waals surface area contributed by atoms with E-state index in [-0.39, 0.29) is 17.4 Å². The Kier molecular flexibility index (Phi) is 4.09. The van der Waals surface area contributed by atoms with Crippen LogP contribution in [0.5, 0.6) is 0 Å². The Hall–Kier alpha value is -1.10. The zero-order valence-electron chi connectivity index (χ0n) is 11.0. The van der Waals surface area contributed by atoms with Crippen LogP contribution in [0.15, 0.2) is 18.2 Å². The number of carbonyl (C=O) groups is 2. The molecule has 0 amide bonds. The molecule has 0 saturated heterocycles. The monoisotopic (exact) mass is 316 g/mol. The number of rotatable bonds is 5. The second-order valence-corrected chi connectivity index (χ2v) is 6.04. The van der Waals surface area contributed by atoms with Crippen LogP contribution >= 0.6 is 23.2 Å². The lowest BCUT2D eigenvalue weighted by molar-refractivity contribution is -0.139. The molecule has 1 fully saturated rings. The molecule has 4 nitrogen and oxygen atoms in total. The van der Waals surface area contributed by atoms with Gasteiger partial charge in [0.15, 0.2) is 5.78 Å². The summed E-state index contributed by atoms with van der Waals surface area (Å²) in [5.41, 5.74) is -0.306. The van der Waals surface area contributed by atoms with E-state index in [4.69, 9.17) is 27.9 Å². The molecule has 1 aromatic carbocycles. The minimum atomic E-state index is -0.983. The number of halogens is 2. The molecule has 0 bridgehead atoms. The highest BCUT2D eigenvalue weighted by molar-refractivity contribution is 6.42. The van der Waals surface area contributed by atoms with Crippen molar-refractivity contribution in [1.82, 2.24) is 0 Å². The number of benzene rings is 1. The van der Waals surface area contributed by atoms with E-state index in [2.05, 4.69) is 0 Å². The number of carboxylic acid groups (broad SMARTS) is 1. The summed E-state index contributed by atoms with van der Waals surface area (Å²) in [6.45, 7) is 1.97. The van der Waals surface area contributed by atoms with E-state index in [1.54, 1.807) is 13.0 Å². The summed E-state index contributed by atoms with van der Waals surface area (Å²) in [4.78, 5) is 23.7. The second-order valence-electron chi connectivity index (χ2n) is 5.23. The molecule has 1 N–H and O–H groups in total. The van der Waals surface area contributed by atoms with Crippen molar-refractivity contribution in [3.63, 3.8) is 0 Å². The highest BCUT2D eigenvalue weighted by atomic mass is 35.5. The number of aliphatic carboxylic acids is 1. The number of hydrogen-bond donors (Lipinski definition) is 1. The molecule has 6 heteroatoms. The van der Waals surface area contributed by atoms with Crippen molar-refractivity contribution in [3.8, 4) is 0 Å². The van der Waals surface area contributed by atoms with E-state index >= 15 is 0 Å². The molecule has 0 radical (unpaired) electrons. The Morgan fingerprint density at radius 3 is 2.45 bits per heavy atom. The van der Waals surface area contributed by atoms with Crippen LogP contribution in [0.2, 0.25) is 10.0 Å². The number of carbonyl (C=O) groups excluding carboxylic acids is 1. The first kappa shape index (κ1) is 15.3. The fraction of sp³-hybridized carbons (Fsp3) is 0.429. The van der Waals surface area contributed by atoms with Gasteiger partial charge in [-0.2, -0.15) is 0 Å². The molecular weight excluding hydrogens is 303 g/mol. The average molecular weight is 317 g/mol. The van der Waals surface area contributed by atoms with Gasteiger partial charge in [-0.3, -0.25) is 9.59 Å². The standard InChI is InChI=1S/C14H14Cl2O4/c1-14(6-20-2)10(11(14)13(18)19)12(17)7-3-4-8(15)9(16)5-7/h3-5,10-11H,6H2,1-2H3,(H,18,19). The van der Waals surface area contributed by atoms with Gasteiger partial charge in [-0.05, 0) is 18.2 Å². The second kappa shape index (κ2) is 5.35. The summed E-state index contributed by atoms with van der Waals surface area (Å²) in [5.74, 6) is -2.56. The van der Waals surface area contributed by atoms with E-state index in [0.29, 0.717) is 10.6 Å². The number of Topliss-reactive ketones (excluding diaryl/α,β-unsaturated/α-hetero) is 1. The number of ketones is 1. The highest BCUT2D eigenvalue weighted by Gasteiger charge is 2.68. The molecule has 0 heterocycles. The summed E-state index contributed by atoms with van der Waals surface area (Å²) in [5, 5.41) is 9.86. The molecule has 1 aliphatic carbocycles. The number of ether oxygens (including phenoxy) is 1. The van der Waals surface area contributed by atoms with Crippen LogP contribution in [0.1, 0.15) is 17.3 Å². The fourth-order valence-corrected chi connectivity index (χ4v) is 3.06. The molecule has 1 aromatic rings. The van der Waals surface area contributed by atoms with Gasteiger partial charge in [0, 0.05) is 24.0 Å². The SMILES string of the molecule is COCC1(C)C(C(=O)O)C1C(=O)c1ccc(Cl)c(Cl)c1. The number of hydrogen-bond acceptors (Lipinski definition) is 3. The van der Waals surface area contributed by atoms with Gasteiger partial charge in [-0.15, -0.1) is 0 Å². The Balaban J connectivity index is 2.29. The van der Waals surface area contributed by atoms with Crippen molar-refractivity contribution >= 4 is 35.0 Å². The van der Waals surface area contributed by atoms with Crippen LogP contribution in [-0.2, 0) is 9.53 Å². The normalized spacial score (nSPS) is 28.2. The van der Waals surface area contributed by atoms with Gasteiger partial charge in [-0.1, -0.05) is 30.1 Å². The average Bonchev–Trinajstić information content (AvgIpc) is 2.98. The van der Waals surface area contributed by atoms with Crippen LogP contribution in [0.25, 0.3) is 0 Å². The molecule has 2 rings (SSSR count). The van der Waals surface area contributed by atoms with E-state index in [9.17, 15) is 14.7 Å². The summed E-state index contributed by atoms with van der Waals surface area (Å²) >= 11 is 11.7. The summed E-state index contributed by atoms with van der Waals surface area (Å²) < 4.78 is 5.05. The lowest BCUT2D eigenvalue weighted by Crippen LogP contribution is -2.14. The maximum Gasteiger partial charge on any atom is 0.307 e. The molecule has 0 aromatic heterocycles. The van der Waals surface area contributed by atoms with Gasteiger partial charge in [0.2, 0.25) is 0 Å². The van der Waals surface area contributed by atoms with Crippen molar-refractivity contribution in [2.45, 2.75) is 6.92 Å². The molecule has 3 atom stereocenters. The van der Waals surface area contributed by atoms with Crippen LogP contribution in [-0.4, -0.2) is 30.6 Å². The first-order valence-electron chi connectivity index (χ1n) is 6.04. The van der Waals surface area contributed by atoms with Crippen LogP contribution in [0.3, 0.4) is 0 Å². The number of methoxy groups -OCH3 is 1. The maximum atomic E-state index is 12.5. The molecule has 0 spiro atoms. The van der Waals surface area contributed by atoms with Gasteiger partial charge >= 0.3 is 5.97 Å². The summed E-state index contributed by atoms with van der Waals surface area (Å²) in [6.07, 6.45) is 0. The van der Waals surface area contributed by atoms with Crippen molar-refractivity contribution in [3.05, 3.63) is 33.8 Å². The lowest BCUT2D eigenvalue weighted by atomic mass is 10.0. The predicted molar refractivity (Wildman–Crippen MR) is 75.4 cm³/mol. The van der Waals surface area contributed by atoms with Gasteiger partial charge < -0.3 is 9.84 Å². The van der Waals surface area contributed by atoms with Gasteiger partial charge in [0.05, 0.1) is 22.6 Å². The van der Waals surface area contributed by atoms with E-state index in [1.807, 2.05) is 0 Å². The van der Waals surface area contributed by atoms with Crippen molar-refractivity contribution in [2.24, 2.45) is 17.3 Å². The zero-order chi connectivity index (χ0) is 15.1. The molecule has 3 unspecified atom stereocenters. The Morgan fingerprint density at radius 2 is 1.95 bits per heavy atom. The van der Waals surface area contributed by atoms with E-state index in [1.165, 1.54) is 19.2 Å². The van der Waals surface area contributed by atoms with Gasteiger partial charge in [0.25, 0.3) is 0 Å². The molecule has 1 saturated carbocycles.